The van der Waals surface area contributed by atoms with E-state index in [9.17, 15) is 0 Å². The molecule has 2 unspecified atom stereocenters. The van der Waals surface area contributed by atoms with E-state index in [1.165, 1.54) is 43.8 Å². The Balaban J connectivity index is 1.50. The SMILES string of the molecule is CC(N)C1CCN(CC2Cc3ccccc3S2)CC1. The summed E-state index contributed by atoms with van der Waals surface area (Å²) in [5.74, 6) is 0.740. The summed E-state index contributed by atoms with van der Waals surface area (Å²) in [5, 5.41) is 0.754. The quantitative estimate of drug-likeness (QED) is 0.920. The van der Waals surface area contributed by atoms with Gasteiger partial charge in [0, 0.05) is 22.7 Å². The Hall–Kier alpha value is -0.510. The van der Waals surface area contributed by atoms with Gasteiger partial charge < -0.3 is 10.6 Å². The van der Waals surface area contributed by atoms with Crippen molar-refractivity contribution < 1.29 is 0 Å². The number of benzene rings is 1. The number of hydrogen-bond acceptors (Lipinski definition) is 3. The minimum atomic E-state index is 0.368. The van der Waals surface area contributed by atoms with Gasteiger partial charge in [0.1, 0.15) is 0 Å². The zero-order valence-electron chi connectivity index (χ0n) is 11.7. The van der Waals surface area contributed by atoms with Crippen LogP contribution in [-0.4, -0.2) is 35.8 Å². The monoisotopic (exact) mass is 276 g/mol. The number of rotatable bonds is 3. The van der Waals surface area contributed by atoms with Gasteiger partial charge in [-0.1, -0.05) is 18.2 Å². The number of fused-ring (bicyclic) bond motifs is 1. The first-order valence-corrected chi connectivity index (χ1v) is 8.33. The van der Waals surface area contributed by atoms with Crippen molar-refractivity contribution in [1.82, 2.24) is 4.90 Å². The molecule has 0 aromatic heterocycles. The lowest BCUT2D eigenvalue weighted by Crippen LogP contribution is -2.42. The zero-order valence-corrected chi connectivity index (χ0v) is 12.5. The van der Waals surface area contributed by atoms with Gasteiger partial charge in [0.25, 0.3) is 0 Å². The molecule has 2 heterocycles. The first kappa shape index (κ1) is 13.5. The summed E-state index contributed by atoms with van der Waals surface area (Å²) in [4.78, 5) is 4.14. The Morgan fingerprint density at radius 2 is 2.05 bits per heavy atom. The molecule has 2 atom stereocenters. The summed E-state index contributed by atoms with van der Waals surface area (Å²) in [5.41, 5.74) is 7.56. The van der Waals surface area contributed by atoms with Crippen molar-refractivity contribution in [2.45, 2.75) is 42.4 Å². The van der Waals surface area contributed by atoms with Gasteiger partial charge in [-0.05, 0) is 56.8 Å². The maximum atomic E-state index is 6.01. The third kappa shape index (κ3) is 3.15. The fourth-order valence-electron chi connectivity index (χ4n) is 3.31. The predicted octanol–water partition coefficient (Wildman–Crippen LogP) is 2.76. The van der Waals surface area contributed by atoms with E-state index < -0.39 is 0 Å². The minimum absolute atomic E-state index is 0.368. The van der Waals surface area contributed by atoms with Gasteiger partial charge in [0.05, 0.1) is 0 Å². The summed E-state index contributed by atoms with van der Waals surface area (Å²) >= 11 is 2.07. The van der Waals surface area contributed by atoms with Crippen LogP contribution in [0.2, 0.25) is 0 Å². The number of likely N-dealkylation sites (tertiary alicyclic amines) is 1. The van der Waals surface area contributed by atoms with Crippen molar-refractivity contribution in [2.24, 2.45) is 11.7 Å². The molecule has 2 nitrogen and oxygen atoms in total. The molecule has 3 rings (SSSR count). The molecule has 0 bridgehead atoms. The second-order valence-corrected chi connectivity index (χ2v) is 7.39. The molecule has 1 aromatic rings. The van der Waals surface area contributed by atoms with E-state index in [-0.39, 0.29) is 0 Å². The highest BCUT2D eigenvalue weighted by atomic mass is 32.2. The largest absolute Gasteiger partial charge is 0.328 e. The number of piperidine rings is 1. The molecule has 3 heteroatoms. The van der Waals surface area contributed by atoms with Gasteiger partial charge in [-0.2, -0.15) is 0 Å². The summed E-state index contributed by atoms with van der Waals surface area (Å²) in [6.07, 6.45) is 3.80. The van der Waals surface area contributed by atoms with E-state index in [4.69, 9.17) is 5.73 Å². The fourth-order valence-corrected chi connectivity index (χ4v) is 4.67. The Kier molecular flexibility index (Phi) is 4.15. The van der Waals surface area contributed by atoms with Gasteiger partial charge in [0.2, 0.25) is 0 Å². The van der Waals surface area contributed by atoms with E-state index in [1.807, 2.05) is 0 Å². The van der Waals surface area contributed by atoms with Crippen LogP contribution in [0.15, 0.2) is 29.2 Å². The van der Waals surface area contributed by atoms with Crippen LogP contribution < -0.4 is 5.73 Å². The second-order valence-electron chi connectivity index (χ2n) is 6.05. The molecule has 0 spiro atoms. The van der Waals surface area contributed by atoms with Crippen molar-refractivity contribution in [3.8, 4) is 0 Å². The van der Waals surface area contributed by atoms with Crippen LogP contribution in [0.25, 0.3) is 0 Å². The third-order valence-corrected chi connectivity index (χ3v) is 5.85. The van der Waals surface area contributed by atoms with Crippen LogP contribution in [0.5, 0.6) is 0 Å². The van der Waals surface area contributed by atoms with Crippen molar-refractivity contribution in [3.63, 3.8) is 0 Å². The molecule has 2 aliphatic rings. The molecule has 2 aliphatic heterocycles. The Morgan fingerprint density at radius 1 is 1.32 bits per heavy atom. The number of thioether (sulfide) groups is 1. The number of nitrogens with two attached hydrogens (primary N) is 1. The van der Waals surface area contributed by atoms with E-state index in [1.54, 1.807) is 5.56 Å². The molecular weight excluding hydrogens is 252 g/mol. The third-order valence-electron chi connectivity index (χ3n) is 4.55. The highest BCUT2D eigenvalue weighted by Crippen LogP contribution is 2.37. The maximum absolute atomic E-state index is 6.01. The highest BCUT2D eigenvalue weighted by molar-refractivity contribution is 8.00. The van der Waals surface area contributed by atoms with Crippen molar-refractivity contribution >= 4 is 11.8 Å². The normalized spacial score (nSPS) is 26.3. The van der Waals surface area contributed by atoms with Crippen molar-refractivity contribution in [2.75, 3.05) is 19.6 Å². The summed E-state index contributed by atoms with van der Waals surface area (Å²) in [7, 11) is 0. The molecule has 19 heavy (non-hydrogen) atoms. The number of nitrogens with zero attached hydrogens (tertiary/aromatic N) is 1. The van der Waals surface area contributed by atoms with Gasteiger partial charge >= 0.3 is 0 Å². The molecule has 0 aliphatic carbocycles. The molecule has 1 fully saturated rings. The minimum Gasteiger partial charge on any atom is -0.328 e. The molecule has 2 N–H and O–H groups in total. The molecule has 0 radical (unpaired) electrons. The smallest absolute Gasteiger partial charge is 0.0263 e. The molecular formula is C16H24N2S. The van der Waals surface area contributed by atoms with E-state index in [2.05, 4.69) is 47.9 Å². The van der Waals surface area contributed by atoms with Crippen LogP contribution >= 0.6 is 11.8 Å². The van der Waals surface area contributed by atoms with Gasteiger partial charge in [-0.25, -0.2) is 0 Å². The van der Waals surface area contributed by atoms with Gasteiger partial charge in [-0.15, -0.1) is 11.8 Å². The Labute approximate surface area is 120 Å². The van der Waals surface area contributed by atoms with E-state index in [0.717, 1.165) is 11.2 Å². The fraction of sp³-hybridized carbons (Fsp3) is 0.625. The Morgan fingerprint density at radius 3 is 2.74 bits per heavy atom. The molecule has 0 amide bonds. The lowest BCUT2D eigenvalue weighted by atomic mass is 9.91. The molecule has 0 saturated carbocycles. The summed E-state index contributed by atoms with van der Waals surface area (Å²) in [6, 6.07) is 9.23. The zero-order chi connectivity index (χ0) is 13.2. The standard InChI is InChI=1S/C16H24N2S/c1-12(17)13-6-8-18(9-7-13)11-15-10-14-4-2-3-5-16(14)19-15/h2-5,12-13,15H,6-11,17H2,1H3. The van der Waals surface area contributed by atoms with E-state index in [0.29, 0.717) is 6.04 Å². The van der Waals surface area contributed by atoms with Gasteiger partial charge in [0.15, 0.2) is 0 Å². The van der Waals surface area contributed by atoms with Crippen LogP contribution in [0.1, 0.15) is 25.3 Å². The number of hydrogen-bond donors (Lipinski definition) is 1. The van der Waals surface area contributed by atoms with E-state index >= 15 is 0 Å². The van der Waals surface area contributed by atoms with Crippen LogP contribution in [0, 0.1) is 5.92 Å². The van der Waals surface area contributed by atoms with Crippen LogP contribution in [-0.2, 0) is 6.42 Å². The molecule has 1 aromatic carbocycles. The topological polar surface area (TPSA) is 29.3 Å². The Bertz CT molecular complexity index is 400. The summed E-state index contributed by atoms with van der Waals surface area (Å²) in [6.45, 7) is 5.87. The second kappa shape index (κ2) is 5.86. The van der Waals surface area contributed by atoms with Crippen LogP contribution in [0.3, 0.4) is 0 Å². The maximum Gasteiger partial charge on any atom is 0.0263 e. The lowest BCUT2D eigenvalue weighted by molar-refractivity contribution is 0.173. The highest BCUT2D eigenvalue weighted by Gasteiger charge is 2.27. The average Bonchev–Trinajstić information content (AvgIpc) is 2.81. The molecule has 1 saturated heterocycles. The summed E-state index contributed by atoms with van der Waals surface area (Å²) < 4.78 is 0. The molecule has 104 valence electrons. The van der Waals surface area contributed by atoms with Gasteiger partial charge in [-0.3, -0.25) is 0 Å². The van der Waals surface area contributed by atoms with Crippen molar-refractivity contribution in [1.29, 1.82) is 0 Å². The first-order chi connectivity index (χ1) is 9.22. The van der Waals surface area contributed by atoms with Crippen LogP contribution in [0.4, 0.5) is 0 Å². The lowest BCUT2D eigenvalue weighted by Gasteiger charge is -2.34. The average molecular weight is 276 g/mol. The first-order valence-electron chi connectivity index (χ1n) is 7.45. The predicted molar refractivity (Wildman–Crippen MR) is 82.6 cm³/mol. The van der Waals surface area contributed by atoms with Crippen molar-refractivity contribution in [3.05, 3.63) is 29.8 Å².